The number of benzene rings is 2. The van der Waals surface area contributed by atoms with Crippen LogP contribution in [0.2, 0.25) is 5.02 Å². The summed E-state index contributed by atoms with van der Waals surface area (Å²) < 4.78 is 12.6. The second kappa shape index (κ2) is 8.10. The second-order valence-corrected chi connectivity index (χ2v) is 7.46. The first-order valence-electron chi connectivity index (χ1n) is 8.75. The number of hydrogen-bond acceptors (Lipinski definition) is 6. The zero-order chi connectivity index (χ0) is 20.4. The highest BCUT2D eigenvalue weighted by atomic mass is 35.5. The number of carbonyl (C=O) groups excluding carboxylic acids is 1. The SMILES string of the molecule is COc1cccc(-c2csc3nc(NC(=O)C(C)Oc4ccc(Cl)cc4)nn23)c1. The molecule has 0 saturated carbocycles. The average Bonchev–Trinajstić information content (AvgIpc) is 3.29. The van der Waals surface area contributed by atoms with E-state index in [1.165, 1.54) is 11.3 Å². The Morgan fingerprint density at radius 1 is 1.21 bits per heavy atom. The van der Waals surface area contributed by atoms with Gasteiger partial charge in [-0.1, -0.05) is 23.7 Å². The number of hydrogen-bond donors (Lipinski definition) is 1. The highest BCUT2D eigenvalue weighted by molar-refractivity contribution is 7.15. The van der Waals surface area contributed by atoms with E-state index in [1.54, 1.807) is 42.8 Å². The molecule has 1 amide bonds. The number of thiazole rings is 1. The van der Waals surface area contributed by atoms with Crippen molar-refractivity contribution in [3.8, 4) is 22.8 Å². The first-order valence-corrected chi connectivity index (χ1v) is 10.0. The van der Waals surface area contributed by atoms with Crippen molar-refractivity contribution in [2.45, 2.75) is 13.0 Å². The van der Waals surface area contributed by atoms with Gasteiger partial charge in [0.2, 0.25) is 4.96 Å². The molecule has 2 aromatic heterocycles. The monoisotopic (exact) mass is 428 g/mol. The summed E-state index contributed by atoms with van der Waals surface area (Å²) in [5.41, 5.74) is 1.81. The van der Waals surface area contributed by atoms with Gasteiger partial charge in [-0.25, -0.2) is 4.52 Å². The molecule has 7 nitrogen and oxygen atoms in total. The molecule has 0 bridgehead atoms. The zero-order valence-electron chi connectivity index (χ0n) is 15.6. The van der Waals surface area contributed by atoms with Crippen LogP contribution in [0.15, 0.2) is 53.9 Å². The van der Waals surface area contributed by atoms with E-state index in [2.05, 4.69) is 15.4 Å². The number of anilines is 1. The molecule has 0 aliphatic carbocycles. The van der Waals surface area contributed by atoms with E-state index >= 15 is 0 Å². The van der Waals surface area contributed by atoms with Crippen LogP contribution in [0.5, 0.6) is 11.5 Å². The molecular formula is C20H17ClN4O3S. The van der Waals surface area contributed by atoms with Crippen LogP contribution in [-0.2, 0) is 4.79 Å². The Bertz CT molecular complexity index is 1160. The number of methoxy groups -OCH3 is 1. The van der Waals surface area contributed by atoms with Crippen molar-refractivity contribution < 1.29 is 14.3 Å². The first-order chi connectivity index (χ1) is 14.0. The lowest BCUT2D eigenvalue weighted by molar-refractivity contribution is -0.122. The lowest BCUT2D eigenvalue weighted by Gasteiger charge is -2.13. The molecule has 1 atom stereocenters. The van der Waals surface area contributed by atoms with Crippen LogP contribution in [0.25, 0.3) is 16.2 Å². The van der Waals surface area contributed by atoms with Crippen molar-refractivity contribution in [1.29, 1.82) is 0 Å². The predicted molar refractivity (Wildman–Crippen MR) is 113 cm³/mol. The molecule has 0 saturated heterocycles. The Balaban J connectivity index is 1.50. The minimum Gasteiger partial charge on any atom is -0.497 e. The smallest absolute Gasteiger partial charge is 0.267 e. The van der Waals surface area contributed by atoms with E-state index in [0.29, 0.717) is 15.7 Å². The second-order valence-electron chi connectivity index (χ2n) is 6.19. The highest BCUT2D eigenvalue weighted by Gasteiger charge is 2.19. The molecule has 4 aromatic rings. The van der Waals surface area contributed by atoms with Crippen molar-refractivity contribution >= 4 is 39.8 Å². The molecule has 9 heteroatoms. The van der Waals surface area contributed by atoms with Gasteiger partial charge in [-0.3, -0.25) is 10.1 Å². The average molecular weight is 429 g/mol. The summed E-state index contributed by atoms with van der Waals surface area (Å²) in [5.74, 6) is 1.18. The zero-order valence-corrected chi connectivity index (χ0v) is 17.2. The van der Waals surface area contributed by atoms with Crippen LogP contribution in [0, 0.1) is 0 Å². The molecule has 1 unspecified atom stereocenters. The van der Waals surface area contributed by atoms with Crippen molar-refractivity contribution in [3.63, 3.8) is 0 Å². The van der Waals surface area contributed by atoms with Crippen molar-refractivity contribution in [1.82, 2.24) is 14.6 Å². The summed E-state index contributed by atoms with van der Waals surface area (Å²) in [7, 11) is 1.62. The van der Waals surface area contributed by atoms with Gasteiger partial charge in [-0.2, -0.15) is 4.98 Å². The molecule has 2 aromatic carbocycles. The summed E-state index contributed by atoms with van der Waals surface area (Å²) in [4.78, 5) is 17.5. The number of nitrogens with one attached hydrogen (secondary N) is 1. The number of nitrogens with zero attached hydrogens (tertiary/aromatic N) is 3. The van der Waals surface area contributed by atoms with Crippen LogP contribution < -0.4 is 14.8 Å². The van der Waals surface area contributed by atoms with E-state index in [1.807, 2.05) is 29.6 Å². The molecule has 0 spiro atoms. The van der Waals surface area contributed by atoms with E-state index in [-0.39, 0.29) is 11.9 Å². The Morgan fingerprint density at radius 2 is 2.00 bits per heavy atom. The van der Waals surface area contributed by atoms with Crippen molar-refractivity contribution in [2.75, 3.05) is 12.4 Å². The molecule has 29 heavy (non-hydrogen) atoms. The largest absolute Gasteiger partial charge is 0.497 e. The third-order valence-corrected chi connectivity index (χ3v) is 5.25. The number of aromatic nitrogens is 3. The molecule has 0 radical (unpaired) electrons. The number of carbonyl (C=O) groups is 1. The van der Waals surface area contributed by atoms with Gasteiger partial charge in [0, 0.05) is 16.0 Å². The standard InChI is InChI=1S/C20H17ClN4O3S/c1-12(28-15-8-6-14(21)7-9-15)18(26)22-19-23-20-25(24-19)17(11-29-20)13-4-3-5-16(10-13)27-2/h3-12H,1-2H3,(H,22,24,26). The number of amides is 1. The van der Waals surface area contributed by atoms with Crippen LogP contribution in [0.1, 0.15) is 6.92 Å². The van der Waals surface area contributed by atoms with Crippen molar-refractivity contribution in [3.05, 3.63) is 58.9 Å². The minimum atomic E-state index is -0.726. The fraction of sp³-hybridized carbons (Fsp3) is 0.150. The van der Waals surface area contributed by atoms with Crippen LogP contribution in [0.3, 0.4) is 0 Å². The van der Waals surface area contributed by atoms with Gasteiger partial charge >= 0.3 is 0 Å². The maximum atomic E-state index is 12.5. The number of rotatable bonds is 6. The van der Waals surface area contributed by atoms with Crippen molar-refractivity contribution in [2.24, 2.45) is 0 Å². The molecular weight excluding hydrogens is 412 g/mol. The fourth-order valence-electron chi connectivity index (χ4n) is 2.70. The number of halogens is 1. The molecule has 0 fully saturated rings. The van der Waals surface area contributed by atoms with E-state index < -0.39 is 6.10 Å². The Kier molecular flexibility index (Phi) is 5.37. The molecule has 0 aliphatic rings. The van der Waals surface area contributed by atoms with Crippen LogP contribution in [-0.4, -0.2) is 33.7 Å². The Labute approximate surface area is 175 Å². The highest BCUT2D eigenvalue weighted by Crippen LogP contribution is 2.28. The van der Waals surface area contributed by atoms with Gasteiger partial charge in [0.15, 0.2) is 6.10 Å². The summed E-state index contributed by atoms with van der Waals surface area (Å²) in [6, 6.07) is 14.5. The normalized spacial score (nSPS) is 12.0. The fourth-order valence-corrected chi connectivity index (χ4v) is 3.65. The van der Waals surface area contributed by atoms with Crippen LogP contribution >= 0.6 is 22.9 Å². The summed E-state index contributed by atoms with van der Waals surface area (Å²) >= 11 is 7.30. The van der Waals surface area contributed by atoms with Crippen LogP contribution in [0.4, 0.5) is 5.95 Å². The molecule has 2 heterocycles. The molecule has 148 valence electrons. The summed E-state index contributed by atoms with van der Waals surface area (Å²) in [6.07, 6.45) is -0.726. The Hall–Kier alpha value is -3.10. The van der Waals surface area contributed by atoms with Gasteiger partial charge < -0.3 is 9.47 Å². The predicted octanol–water partition coefficient (Wildman–Crippen LogP) is 4.53. The van der Waals surface area contributed by atoms with Gasteiger partial charge in [0.1, 0.15) is 11.5 Å². The van der Waals surface area contributed by atoms with E-state index in [9.17, 15) is 4.79 Å². The van der Waals surface area contributed by atoms with E-state index in [0.717, 1.165) is 17.0 Å². The van der Waals surface area contributed by atoms with Gasteiger partial charge in [0.05, 0.1) is 12.8 Å². The maximum absolute atomic E-state index is 12.5. The third-order valence-electron chi connectivity index (χ3n) is 4.18. The third kappa shape index (κ3) is 4.18. The lowest BCUT2D eigenvalue weighted by atomic mass is 10.2. The minimum absolute atomic E-state index is 0.220. The lowest BCUT2D eigenvalue weighted by Crippen LogP contribution is -2.30. The summed E-state index contributed by atoms with van der Waals surface area (Å²) in [6.45, 7) is 1.66. The topological polar surface area (TPSA) is 77.8 Å². The molecule has 0 aliphatic heterocycles. The van der Waals surface area contributed by atoms with Gasteiger partial charge in [0.25, 0.3) is 11.9 Å². The summed E-state index contributed by atoms with van der Waals surface area (Å²) in [5, 5.41) is 9.68. The molecule has 4 rings (SSSR count). The van der Waals surface area contributed by atoms with E-state index in [4.69, 9.17) is 21.1 Å². The first kappa shape index (κ1) is 19.2. The quantitative estimate of drug-likeness (QED) is 0.488. The number of ether oxygens (including phenoxy) is 2. The molecule has 1 N–H and O–H groups in total. The number of fused-ring (bicyclic) bond motifs is 1. The van der Waals surface area contributed by atoms with Gasteiger partial charge in [-0.15, -0.1) is 16.4 Å². The maximum Gasteiger partial charge on any atom is 0.267 e. The Morgan fingerprint density at radius 3 is 2.76 bits per heavy atom. The van der Waals surface area contributed by atoms with Gasteiger partial charge in [-0.05, 0) is 43.3 Å².